The molecule has 0 unspecified atom stereocenters. The highest BCUT2D eigenvalue weighted by atomic mass is 16.5. The largest absolute Gasteiger partial charge is 0.609 e. The van der Waals surface area contributed by atoms with Crippen LogP contribution in [0.5, 0.6) is 0 Å². The molecule has 0 amide bonds. The number of nitrogens with zero attached hydrogens (tertiary/aromatic N) is 1. The first kappa shape index (κ1) is 6.39. The molecule has 3 heteroatoms. The van der Waals surface area contributed by atoms with Crippen molar-refractivity contribution >= 4 is 10.9 Å². The predicted molar refractivity (Wildman–Crippen MR) is 42.6 cm³/mol. The molecule has 0 fully saturated rings. The molecule has 0 radical (unpaired) electrons. The second kappa shape index (κ2) is 2.38. The number of aromatic nitrogens is 1. The fourth-order valence-corrected chi connectivity index (χ4v) is 1.20. The maximum absolute atomic E-state index is 10.4. The van der Waals surface area contributed by atoms with Gasteiger partial charge in [-0.1, -0.05) is 18.2 Å². The molecule has 0 atom stereocenters. The number of fused-ring (bicyclic) bond motifs is 1. The van der Waals surface area contributed by atoms with E-state index in [1.807, 2.05) is 30.3 Å². The van der Waals surface area contributed by atoms with Gasteiger partial charge < -0.3 is 5.21 Å². The fourth-order valence-electron chi connectivity index (χ4n) is 1.20. The number of quaternary nitrogens is 1. The van der Waals surface area contributed by atoms with Crippen molar-refractivity contribution in [2.24, 2.45) is 0 Å². The number of benzene rings is 1. The topological polar surface area (TPSA) is 44.6 Å². The Morgan fingerprint density at radius 1 is 1.18 bits per heavy atom. The molecule has 0 aliphatic heterocycles. The monoisotopic (exact) mass is 148 g/mol. The molecular weight excluding hydrogens is 140 g/mol. The Labute approximate surface area is 63.8 Å². The quantitative estimate of drug-likeness (QED) is 0.463. The van der Waals surface area contributed by atoms with E-state index in [1.165, 1.54) is 0 Å². The van der Waals surface area contributed by atoms with E-state index in [1.54, 1.807) is 10.9 Å². The molecule has 0 saturated heterocycles. The second-order valence-electron chi connectivity index (χ2n) is 2.39. The minimum Gasteiger partial charge on any atom is -0.609 e. The lowest BCUT2D eigenvalue weighted by molar-refractivity contribution is -0.644. The molecule has 0 bridgehead atoms. The lowest BCUT2D eigenvalue weighted by Gasteiger charge is -2.02. The van der Waals surface area contributed by atoms with Gasteiger partial charge in [0.15, 0.2) is 0 Å². The molecule has 2 rings (SSSR count). The summed E-state index contributed by atoms with van der Waals surface area (Å²) in [5, 5.41) is 11.5. The normalized spacial score (nSPS) is 10.6. The average molecular weight is 148 g/mol. The molecule has 2 aromatic rings. The predicted octanol–water partition coefficient (Wildman–Crippen LogP) is 0.466. The SMILES string of the molecule is [O-][NH2+]n1ccc2ccccc21. The molecule has 0 spiro atoms. The van der Waals surface area contributed by atoms with Crippen LogP contribution in [0.4, 0.5) is 0 Å². The van der Waals surface area contributed by atoms with E-state index >= 15 is 0 Å². The Hall–Kier alpha value is -1.32. The molecule has 3 nitrogen and oxygen atoms in total. The van der Waals surface area contributed by atoms with E-state index in [0.29, 0.717) is 0 Å². The summed E-state index contributed by atoms with van der Waals surface area (Å²) in [6, 6.07) is 9.70. The molecule has 1 heterocycles. The van der Waals surface area contributed by atoms with Gasteiger partial charge in [0.2, 0.25) is 0 Å². The van der Waals surface area contributed by atoms with E-state index in [9.17, 15) is 5.21 Å². The number of hydrogen-bond acceptors (Lipinski definition) is 1. The van der Waals surface area contributed by atoms with Crippen LogP contribution in [0, 0.1) is 5.21 Å². The number of hydrogen-bond donors (Lipinski definition) is 1. The maximum Gasteiger partial charge on any atom is 0.101 e. The smallest absolute Gasteiger partial charge is 0.101 e. The lowest BCUT2D eigenvalue weighted by atomic mass is 10.3. The van der Waals surface area contributed by atoms with Crippen LogP contribution in [0.15, 0.2) is 36.5 Å². The van der Waals surface area contributed by atoms with Crippen molar-refractivity contribution in [1.29, 1.82) is 0 Å². The van der Waals surface area contributed by atoms with E-state index in [-0.39, 0.29) is 0 Å². The highest BCUT2D eigenvalue weighted by Crippen LogP contribution is 2.11. The summed E-state index contributed by atoms with van der Waals surface area (Å²) >= 11 is 0. The van der Waals surface area contributed by atoms with Gasteiger partial charge in [0, 0.05) is 5.39 Å². The van der Waals surface area contributed by atoms with Crippen molar-refractivity contribution in [3.8, 4) is 0 Å². The summed E-state index contributed by atoms with van der Waals surface area (Å²) in [6.45, 7) is 0. The van der Waals surface area contributed by atoms with Crippen LogP contribution in [0.2, 0.25) is 0 Å². The Kier molecular flexibility index (Phi) is 1.38. The fraction of sp³-hybridized carbons (Fsp3) is 0. The highest BCUT2D eigenvalue weighted by Gasteiger charge is 1.96. The van der Waals surface area contributed by atoms with Gasteiger partial charge in [-0.25, -0.2) is 4.68 Å². The van der Waals surface area contributed by atoms with Gasteiger partial charge in [-0.2, -0.15) is 0 Å². The minimum atomic E-state index is 0.808. The second-order valence-corrected chi connectivity index (χ2v) is 2.39. The van der Waals surface area contributed by atoms with Crippen LogP contribution in [0.25, 0.3) is 10.9 Å². The van der Waals surface area contributed by atoms with E-state index in [0.717, 1.165) is 16.5 Å². The molecule has 1 aromatic heterocycles. The Morgan fingerprint density at radius 2 is 2.00 bits per heavy atom. The van der Waals surface area contributed by atoms with Gasteiger partial charge in [0.1, 0.15) is 5.52 Å². The molecule has 11 heavy (non-hydrogen) atoms. The Bertz CT molecular complexity index is 367. The first-order valence-electron chi connectivity index (χ1n) is 3.43. The van der Waals surface area contributed by atoms with Crippen molar-refractivity contribution in [2.75, 3.05) is 0 Å². The van der Waals surface area contributed by atoms with Crippen molar-refractivity contribution in [3.05, 3.63) is 41.7 Å². The summed E-state index contributed by atoms with van der Waals surface area (Å²) in [5.74, 6) is 0. The standard InChI is InChI=1S/C8H8N2O/c11-9-10-6-5-7-3-1-2-4-8(7)10/h1-6H,9H2. The molecular formula is C8H8N2O. The number of para-hydroxylation sites is 1. The molecule has 0 saturated carbocycles. The number of rotatable bonds is 1. The molecule has 1 aromatic carbocycles. The zero-order valence-corrected chi connectivity index (χ0v) is 5.90. The van der Waals surface area contributed by atoms with Gasteiger partial charge in [-0.05, 0) is 12.1 Å². The Balaban J connectivity index is 2.76. The Morgan fingerprint density at radius 3 is 2.82 bits per heavy atom. The zero-order valence-electron chi connectivity index (χ0n) is 5.90. The first-order chi connectivity index (χ1) is 5.42. The van der Waals surface area contributed by atoms with E-state index in [2.05, 4.69) is 0 Å². The van der Waals surface area contributed by atoms with Gasteiger partial charge in [-0.15, -0.1) is 0 Å². The maximum atomic E-state index is 10.4. The summed E-state index contributed by atoms with van der Waals surface area (Å²) in [6.07, 6.45) is 1.76. The van der Waals surface area contributed by atoms with Gasteiger partial charge in [0.25, 0.3) is 0 Å². The zero-order chi connectivity index (χ0) is 7.68. The van der Waals surface area contributed by atoms with Gasteiger partial charge in [0.05, 0.1) is 6.20 Å². The van der Waals surface area contributed by atoms with E-state index < -0.39 is 0 Å². The van der Waals surface area contributed by atoms with Gasteiger partial charge >= 0.3 is 0 Å². The van der Waals surface area contributed by atoms with Crippen molar-refractivity contribution < 1.29 is 5.59 Å². The number of nitrogens with two attached hydrogens (primary N) is 1. The minimum absolute atomic E-state index is 0.808. The van der Waals surface area contributed by atoms with Crippen LogP contribution in [0.3, 0.4) is 0 Å². The highest BCUT2D eigenvalue weighted by molar-refractivity contribution is 5.79. The summed E-state index contributed by atoms with van der Waals surface area (Å²) in [5.41, 5.74) is 1.77. The summed E-state index contributed by atoms with van der Waals surface area (Å²) in [7, 11) is 0. The third kappa shape index (κ3) is 0.906. The average Bonchev–Trinajstić information content (AvgIpc) is 2.47. The third-order valence-corrected chi connectivity index (χ3v) is 1.74. The van der Waals surface area contributed by atoms with Crippen molar-refractivity contribution in [2.45, 2.75) is 0 Å². The molecule has 0 aliphatic rings. The lowest BCUT2D eigenvalue weighted by Crippen LogP contribution is -2.80. The van der Waals surface area contributed by atoms with Gasteiger partial charge in [-0.3, -0.25) is 5.59 Å². The third-order valence-electron chi connectivity index (χ3n) is 1.74. The summed E-state index contributed by atoms with van der Waals surface area (Å²) in [4.78, 5) is 0. The van der Waals surface area contributed by atoms with Crippen molar-refractivity contribution in [3.63, 3.8) is 0 Å². The molecule has 2 N–H and O–H groups in total. The van der Waals surface area contributed by atoms with Crippen LogP contribution >= 0.6 is 0 Å². The van der Waals surface area contributed by atoms with Crippen LogP contribution in [0.1, 0.15) is 0 Å². The summed E-state index contributed by atoms with van der Waals surface area (Å²) < 4.78 is 1.56. The molecule has 0 aliphatic carbocycles. The van der Waals surface area contributed by atoms with E-state index in [4.69, 9.17) is 0 Å². The van der Waals surface area contributed by atoms with Crippen molar-refractivity contribution in [1.82, 2.24) is 4.68 Å². The molecule has 56 valence electrons. The van der Waals surface area contributed by atoms with Crippen LogP contribution < -0.4 is 5.59 Å². The van der Waals surface area contributed by atoms with Crippen LogP contribution in [-0.2, 0) is 0 Å². The first-order valence-corrected chi connectivity index (χ1v) is 3.43. The van der Waals surface area contributed by atoms with Crippen LogP contribution in [-0.4, -0.2) is 4.68 Å².